The van der Waals surface area contributed by atoms with Crippen LogP contribution in [0.5, 0.6) is 0 Å². The van der Waals surface area contributed by atoms with E-state index in [-0.39, 0.29) is 6.20 Å². The molecule has 3 aromatic heterocycles. The molecule has 0 aromatic carbocycles. The third kappa shape index (κ3) is 5.76. The van der Waals surface area contributed by atoms with Crippen LogP contribution in [0, 0.1) is 69.2 Å². The van der Waals surface area contributed by atoms with E-state index in [9.17, 15) is 72.9 Å². The average Bonchev–Trinajstić information content (AvgIpc) is 3.69. The summed E-state index contributed by atoms with van der Waals surface area (Å²) in [6.07, 6.45) is -16.5. The molecule has 0 bridgehead atoms. The van der Waals surface area contributed by atoms with Crippen molar-refractivity contribution in [3.05, 3.63) is 104 Å². The Morgan fingerprint density at radius 3 is 1.25 bits per heavy atom. The molecule has 0 atom stereocenters. The fourth-order valence-corrected chi connectivity index (χ4v) is 4.34. The summed E-state index contributed by atoms with van der Waals surface area (Å²) in [5, 5.41) is 29.4. The fourth-order valence-electron chi connectivity index (χ4n) is 4.34. The van der Waals surface area contributed by atoms with Gasteiger partial charge in [0, 0.05) is 34.7 Å². The molecule has 4 rings (SSSR count). The predicted molar refractivity (Wildman–Crippen MR) is 125 cm³/mol. The van der Waals surface area contributed by atoms with Crippen LogP contribution in [-0.4, -0.2) is 15.0 Å². The Labute approximate surface area is 254 Å². The number of halogens is 15. The van der Waals surface area contributed by atoms with E-state index in [1.54, 1.807) is 0 Å². The molecule has 0 aliphatic heterocycles. The molecule has 0 saturated heterocycles. The standard InChI is InChI=1S/C27H3F15N6/c28-17-15(19(30)23(32)47-21(17)26(37,38)39)9(4-44)13-12(8(3-43)7-1-2-46-6-11(7)25(34,35)36)14(13)10(5-45)16-18(29)22(27(40,41)42)48-24(33)20(16)31/h1-2,6H/b12-8?,13-9-,14-10+. The Bertz CT molecular complexity index is 2020. The van der Waals surface area contributed by atoms with Gasteiger partial charge in [-0.1, -0.05) is 0 Å². The molecule has 1 fully saturated rings. The molecule has 0 radical (unpaired) electrons. The summed E-state index contributed by atoms with van der Waals surface area (Å²) in [5.41, 5.74) is -22.7. The number of allylic oxidation sites excluding steroid dienone is 6. The SMILES string of the molecule is N#CC(=C1C(=C(/C#N)c2c(F)c(F)nc(C(F)(F)F)c2F)/C1=C(/C#N)c1c(F)c(F)nc(C(F)(F)F)c1F)c1ccncc1C(F)(F)F. The zero-order valence-electron chi connectivity index (χ0n) is 22.1. The third-order valence-electron chi connectivity index (χ3n) is 6.28. The minimum absolute atomic E-state index is 0.0964. The number of hydrogen-bond acceptors (Lipinski definition) is 6. The van der Waals surface area contributed by atoms with Crippen LogP contribution in [0.1, 0.15) is 33.6 Å². The summed E-state index contributed by atoms with van der Waals surface area (Å²) in [6.45, 7) is 0. The molecule has 48 heavy (non-hydrogen) atoms. The highest BCUT2D eigenvalue weighted by Gasteiger charge is 2.48. The maximum atomic E-state index is 15.1. The molecule has 0 amide bonds. The summed E-state index contributed by atoms with van der Waals surface area (Å²) >= 11 is 0. The van der Waals surface area contributed by atoms with Gasteiger partial charge in [0.2, 0.25) is 11.9 Å². The highest BCUT2D eigenvalue weighted by atomic mass is 19.4. The molecule has 3 heterocycles. The lowest BCUT2D eigenvalue weighted by Gasteiger charge is -2.11. The van der Waals surface area contributed by atoms with Crippen LogP contribution >= 0.6 is 0 Å². The molecule has 0 N–H and O–H groups in total. The van der Waals surface area contributed by atoms with E-state index in [2.05, 4.69) is 15.0 Å². The normalized spacial score (nSPS) is 16.5. The number of nitrogens with zero attached hydrogens (tertiary/aromatic N) is 6. The van der Waals surface area contributed by atoms with Crippen molar-refractivity contribution in [1.82, 2.24) is 15.0 Å². The van der Waals surface area contributed by atoms with E-state index in [1.807, 2.05) is 0 Å². The van der Waals surface area contributed by atoms with Gasteiger partial charge in [-0.05, 0) is 6.07 Å². The molecule has 246 valence electrons. The molecule has 1 aliphatic rings. The summed E-state index contributed by atoms with van der Waals surface area (Å²) in [5.74, 6) is -16.5. The lowest BCUT2D eigenvalue weighted by Crippen LogP contribution is -2.16. The van der Waals surface area contributed by atoms with Crippen molar-refractivity contribution >= 4 is 16.7 Å². The van der Waals surface area contributed by atoms with Gasteiger partial charge in [0.1, 0.15) is 18.2 Å². The quantitative estimate of drug-likeness (QED) is 0.156. The highest BCUT2D eigenvalue weighted by molar-refractivity contribution is 6.12. The molecule has 0 spiro atoms. The second-order valence-corrected chi connectivity index (χ2v) is 9.01. The second kappa shape index (κ2) is 11.7. The van der Waals surface area contributed by atoms with Crippen LogP contribution in [0.25, 0.3) is 16.7 Å². The number of rotatable bonds is 3. The largest absolute Gasteiger partial charge is 0.436 e. The van der Waals surface area contributed by atoms with Gasteiger partial charge in [-0.2, -0.15) is 64.1 Å². The average molecular weight is 696 g/mol. The highest BCUT2D eigenvalue weighted by Crippen LogP contribution is 2.57. The van der Waals surface area contributed by atoms with Crippen molar-refractivity contribution in [2.24, 2.45) is 0 Å². The number of hydrogen-bond donors (Lipinski definition) is 0. The lowest BCUT2D eigenvalue weighted by atomic mass is 9.99. The minimum Gasteiger partial charge on any atom is -0.264 e. The van der Waals surface area contributed by atoms with Crippen LogP contribution in [0.2, 0.25) is 0 Å². The lowest BCUT2D eigenvalue weighted by molar-refractivity contribution is -0.145. The van der Waals surface area contributed by atoms with Crippen LogP contribution < -0.4 is 0 Å². The molecule has 0 unspecified atom stereocenters. The molecule has 3 aromatic rings. The van der Waals surface area contributed by atoms with Crippen LogP contribution in [-0.2, 0) is 18.5 Å². The van der Waals surface area contributed by atoms with Crippen molar-refractivity contribution in [2.75, 3.05) is 0 Å². The number of nitriles is 3. The summed E-state index contributed by atoms with van der Waals surface area (Å²) < 4.78 is 210. The van der Waals surface area contributed by atoms with Crippen molar-refractivity contribution in [3.63, 3.8) is 0 Å². The molecular formula is C27H3F15N6. The Morgan fingerprint density at radius 2 is 0.917 bits per heavy atom. The zero-order chi connectivity index (χ0) is 36.3. The van der Waals surface area contributed by atoms with Gasteiger partial charge in [-0.3, -0.25) is 4.98 Å². The van der Waals surface area contributed by atoms with Gasteiger partial charge >= 0.3 is 18.5 Å². The molecule has 1 saturated carbocycles. The fraction of sp³-hybridized carbons (Fsp3) is 0.111. The summed E-state index contributed by atoms with van der Waals surface area (Å²) in [6, 6.07) is 3.30. The van der Waals surface area contributed by atoms with Crippen molar-refractivity contribution in [2.45, 2.75) is 18.5 Å². The van der Waals surface area contributed by atoms with Crippen molar-refractivity contribution < 1.29 is 65.9 Å². The van der Waals surface area contributed by atoms with Crippen LogP contribution in [0.15, 0.2) is 35.2 Å². The Balaban J connectivity index is 2.34. The first-order chi connectivity index (χ1) is 22.1. The van der Waals surface area contributed by atoms with Gasteiger partial charge in [0.05, 0.1) is 33.4 Å². The van der Waals surface area contributed by atoms with Gasteiger partial charge in [-0.25, -0.2) is 27.5 Å². The Morgan fingerprint density at radius 1 is 0.542 bits per heavy atom. The van der Waals surface area contributed by atoms with E-state index in [0.717, 1.165) is 18.2 Å². The Hall–Kier alpha value is -5.91. The maximum Gasteiger partial charge on any atom is 0.436 e. The predicted octanol–water partition coefficient (Wildman–Crippen LogP) is 8.01. The monoisotopic (exact) mass is 696 g/mol. The summed E-state index contributed by atoms with van der Waals surface area (Å²) in [7, 11) is 0. The molecule has 1 aliphatic carbocycles. The first-order valence-electron chi connectivity index (χ1n) is 11.8. The van der Waals surface area contributed by atoms with Crippen LogP contribution in [0.3, 0.4) is 0 Å². The molecule has 21 heteroatoms. The topological polar surface area (TPSA) is 110 Å². The zero-order valence-corrected chi connectivity index (χ0v) is 22.1. The van der Waals surface area contributed by atoms with Gasteiger partial charge in [0.15, 0.2) is 34.7 Å². The molecule has 6 nitrogen and oxygen atoms in total. The van der Waals surface area contributed by atoms with Crippen LogP contribution in [0.4, 0.5) is 65.9 Å². The van der Waals surface area contributed by atoms with E-state index in [1.165, 1.54) is 0 Å². The first-order valence-corrected chi connectivity index (χ1v) is 11.8. The Kier molecular flexibility index (Phi) is 8.53. The smallest absolute Gasteiger partial charge is 0.264 e. The number of alkyl halides is 9. The maximum absolute atomic E-state index is 15.1. The van der Waals surface area contributed by atoms with Crippen molar-refractivity contribution in [3.8, 4) is 18.2 Å². The van der Waals surface area contributed by atoms with E-state index in [0.29, 0.717) is 12.3 Å². The summed E-state index contributed by atoms with van der Waals surface area (Å²) in [4.78, 5) is 7.29. The van der Waals surface area contributed by atoms with E-state index >= 15 is 8.78 Å². The molecular weight excluding hydrogens is 693 g/mol. The minimum atomic E-state index is -5.91. The van der Waals surface area contributed by atoms with Gasteiger partial charge < -0.3 is 0 Å². The van der Waals surface area contributed by atoms with Gasteiger partial charge in [-0.15, -0.1) is 0 Å². The second-order valence-electron chi connectivity index (χ2n) is 9.01. The first kappa shape index (κ1) is 35.0. The third-order valence-corrected chi connectivity index (χ3v) is 6.28. The van der Waals surface area contributed by atoms with E-state index in [4.69, 9.17) is 0 Å². The van der Waals surface area contributed by atoms with Gasteiger partial charge in [0.25, 0.3) is 0 Å². The van der Waals surface area contributed by atoms with E-state index < -0.39 is 121 Å². The number of aromatic nitrogens is 3. The van der Waals surface area contributed by atoms with Crippen molar-refractivity contribution in [1.29, 1.82) is 15.8 Å². The number of pyridine rings is 3.